The highest BCUT2D eigenvalue weighted by molar-refractivity contribution is 6.00. The van der Waals surface area contributed by atoms with Crippen molar-refractivity contribution in [2.24, 2.45) is 0 Å². The number of rotatable bonds is 2. The monoisotopic (exact) mass is 348 g/mol. The van der Waals surface area contributed by atoms with Crippen LogP contribution in [0, 0.1) is 0 Å². The lowest BCUT2D eigenvalue weighted by Gasteiger charge is -2.35. The molecule has 3 aromatic rings. The Kier molecular flexibility index (Phi) is 4.01. The van der Waals surface area contributed by atoms with Gasteiger partial charge in [0.1, 0.15) is 17.2 Å². The molecule has 0 saturated carbocycles. The van der Waals surface area contributed by atoms with E-state index >= 15 is 0 Å². The Bertz CT molecular complexity index is 1040. The molecule has 4 rings (SSSR count). The van der Waals surface area contributed by atoms with Crippen molar-refractivity contribution in [1.29, 1.82) is 0 Å². The number of fused-ring (bicyclic) bond motifs is 1. The van der Waals surface area contributed by atoms with Crippen LogP contribution in [0.5, 0.6) is 0 Å². The van der Waals surface area contributed by atoms with Gasteiger partial charge in [-0.15, -0.1) is 0 Å². The van der Waals surface area contributed by atoms with Crippen molar-refractivity contribution in [3.05, 3.63) is 82.2 Å². The topological polar surface area (TPSA) is 79.6 Å². The second kappa shape index (κ2) is 6.48. The number of carbonyl (C=O) groups excluding carboxylic acids is 2. The number of hydrogen-bond acceptors (Lipinski definition) is 4. The van der Waals surface area contributed by atoms with E-state index in [0.29, 0.717) is 29.6 Å². The van der Waals surface area contributed by atoms with Crippen molar-refractivity contribution in [3.8, 4) is 0 Å². The average Bonchev–Trinajstić information content (AvgIpc) is 2.67. The molecule has 1 aliphatic heterocycles. The lowest BCUT2D eigenvalue weighted by Crippen LogP contribution is -2.52. The molecule has 6 nitrogen and oxygen atoms in total. The van der Waals surface area contributed by atoms with Gasteiger partial charge in [-0.2, -0.15) is 0 Å². The summed E-state index contributed by atoms with van der Waals surface area (Å²) in [6, 6.07) is 16.8. The first-order valence-corrected chi connectivity index (χ1v) is 8.31. The minimum absolute atomic E-state index is 0.0701. The molecule has 1 saturated heterocycles. The molecule has 0 aliphatic carbocycles. The Morgan fingerprint density at radius 2 is 1.77 bits per heavy atom. The number of piperazine rings is 1. The molecule has 130 valence electrons. The number of carbonyl (C=O) groups is 2. The molecule has 1 unspecified atom stereocenters. The maximum absolute atomic E-state index is 13.1. The molecule has 1 N–H and O–H groups in total. The summed E-state index contributed by atoms with van der Waals surface area (Å²) in [6.45, 7) is 0.656. The molecule has 1 aliphatic rings. The molecule has 2 aromatic carbocycles. The van der Waals surface area contributed by atoms with Crippen LogP contribution >= 0.6 is 0 Å². The van der Waals surface area contributed by atoms with Gasteiger partial charge >= 0.3 is 5.63 Å². The zero-order chi connectivity index (χ0) is 18.1. The van der Waals surface area contributed by atoms with Crippen LogP contribution in [-0.2, 0) is 4.79 Å². The van der Waals surface area contributed by atoms with E-state index < -0.39 is 17.6 Å². The molecule has 26 heavy (non-hydrogen) atoms. The van der Waals surface area contributed by atoms with E-state index in [-0.39, 0.29) is 11.5 Å². The van der Waals surface area contributed by atoms with Gasteiger partial charge in [0, 0.05) is 18.5 Å². The first-order chi connectivity index (χ1) is 12.6. The first kappa shape index (κ1) is 16.1. The van der Waals surface area contributed by atoms with Crippen LogP contribution in [0.25, 0.3) is 11.0 Å². The second-order valence-corrected chi connectivity index (χ2v) is 6.09. The Labute approximate surface area is 149 Å². The molecular formula is C20H16N2O4. The lowest BCUT2D eigenvalue weighted by atomic mass is 10.0. The third kappa shape index (κ3) is 2.75. The third-order valence-electron chi connectivity index (χ3n) is 4.46. The Morgan fingerprint density at radius 1 is 1.04 bits per heavy atom. The quantitative estimate of drug-likeness (QED) is 0.720. The minimum Gasteiger partial charge on any atom is -0.422 e. The first-order valence-electron chi connectivity index (χ1n) is 8.31. The van der Waals surface area contributed by atoms with Gasteiger partial charge in [0.15, 0.2) is 0 Å². The molecule has 1 atom stereocenters. The summed E-state index contributed by atoms with van der Waals surface area (Å²) in [7, 11) is 0. The van der Waals surface area contributed by atoms with Crippen LogP contribution in [0.4, 0.5) is 0 Å². The number of nitrogens with one attached hydrogen (secondary N) is 1. The number of hydrogen-bond donors (Lipinski definition) is 1. The Hall–Kier alpha value is -3.41. The van der Waals surface area contributed by atoms with Crippen LogP contribution in [0.2, 0.25) is 0 Å². The van der Waals surface area contributed by atoms with E-state index in [0.717, 1.165) is 0 Å². The Morgan fingerprint density at radius 3 is 2.58 bits per heavy atom. The largest absolute Gasteiger partial charge is 0.422 e. The smallest absolute Gasteiger partial charge is 0.349 e. The molecule has 2 amide bonds. The summed E-state index contributed by atoms with van der Waals surface area (Å²) in [5, 5.41) is 3.44. The van der Waals surface area contributed by atoms with E-state index in [2.05, 4.69) is 5.32 Å². The van der Waals surface area contributed by atoms with Gasteiger partial charge in [0.25, 0.3) is 5.91 Å². The Balaban J connectivity index is 1.77. The van der Waals surface area contributed by atoms with E-state index in [1.807, 2.05) is 18.2 Å². The normalized spacial score (nSPS) is 17.2. The maximum Gasteiger partial charge on any atom is 0.349 e. The van der Waals surface area contributed by atoms with Crippen LogP contribution < -0.4 is 10.9 Å². The van der Waals surface area contributed by atoms with E-state index in [1.54, 1.807) is 36.4 Å². The summed E-state index contributed by atoms with van der Waals surface area (Å²) >= 11 is 0. The standard InChI is InChI=1S/C20H16N2O4/c23-18-17(13-6-2-1-3-7-13)22(11-10-21-18)19(24)15-12-14-8-4-5-9-16(14)26-20(15)25/h1-9,12,17H,10-11H2,(H,21,23). The van der Waals surface area contributed by atoms with Crippen LogP contribution in [-0.4, -0.2) is 29.8 Å². The number of para-hydroxylation sites is 1. The average molecular weight is 348 g/mol. The molecular weight excluding hydrogens is 332 g/mol. The summed E-state index contributed by atoms with van der Waals surface area (Å²) < 4.78 is 5.27. The fourth-order valence-corrected chi connectivity index (χ4v) is 3.22. The van der Waals surface area contributed by atoms with Crippen molar-refractivity contribution < 1.29 is 14.0 Å². The summed E-state index contributed by atoms with van der Waals surface area (Å²) in [6.07, 6.45) is 0. The predicted octanol–water partition coefficient (Wildman–Crippen LogP) is 2.11. The summed E-state index contributed by atoms with van der Waals surface area (Å²) in [4.78, 5) is 39.3. The van der Waals surface area contributed by atoms with Crippen LogP contribution in [0.3, 0.4) is 0 Å². The van der Waals surface area contributed by atoms with Crippen molar-refractivity contribution in [2.75, 3.05) is 13.1 Å². The minimum atomic E-state index is -0.775. The number of amides is 2. The molecule has 0 spiro atoms. The van der Waals surface area contributed by atoms with Crippen molar-refractivity contribution >= 4 is 22.8 Å². The van der Waals surface area contributed by atoms with Gasteiger partial charge in [-0.1, -0.05) is 48.5 Å². The van der Waals surface area contributed by atoms with Gasteiger partial charge in [-0.25, -0.2) is 4.79 Å². The van der Waals surface area contributed by atoms with Gasteiger partial charge in [0.05, 0.1) is 0 Å². The predicted molar refractivity (Wildman–Crippen MR) is 95.7 cm³/mol. The van der Waals surface area contributed by atoms with Gasteiger partial charge in [0.2, 0.25) is 5.91 Å². The van der Waals surface area contributed by atoms with E-state index in [1.165, 1.54) is 11.0 Å². The zero-order valence-corrected chi connectivity index (χ0v) is 13.8. The molecule has 2 heterocycles. The van der Waals surface area contributed by atoms with Gasteiger partial charge in [-0.05, 0) is 17.7 Å². The summed E-state index contributed by atoms with van der Waals surface area (Å²) in [5.74, 6) is -0.769. The zero-order valence-electron chi connectivity index (χ0n) is 13.8. The number of nitrogens with zero attached hydrogens (tertiary/aromatic N) is 1. The van der Waals surface area contributed by atoms with Crippen molar-refractivity contribution in [3.63, 3.8) is 0 Å². The van der Waals surface area contributed by atoms with Crippen molar-refractivity contribution in [2.45, 2.75) is 6.04 Å². The molecule has 1 aromatic heterocycles. The highest BCUT2D eigenvalue weighted by atomic mass is 16.4. The molecule has 1 fully saturated rings. The lowest BCUT2D eigenvalue weighted by molar-refractivity contribution is -0.128. The van der Waals surface area contributed by atoms with Crippen LogP contribution in [0.15, 0.2) is 69.9 Å². The highest BCUT2D eigenvalue weighted by Gasteiger charge is 2.35. The number of benzene rings is 2. The molecule has 6 heteroatoms. The molecule has 0 radical (unpaired) electrons. The summed E-state index contributed by atoms with van der Waals surface area (Å²) in [5.41, 5.74) is 0.346. The SMILES string of the molecule is O=C1NCCN(C(=O)c2cc3ccccc3oc2=O)C1c1ccccc1. The van der Waals surface area contributed by atoms with Gasteiger partial charge in [-0.3, -0.25) is 9.59 Å². The highest BCUT2D eigenvalue weighted by Crippen LogP contribution is 2.25. The van der Waals surface area contributed by atoms with E-state index in [4.69, 9.17) is 4.42 Å². The maximum atomic E-state index is 13.1. The molecule has 0 bridgehead atoms. The fraction of sp³-hybridized carbons (Fsp3) is 0.150. The third-order valence-corrected chi connectivity index (χ3v) is 4.46. The van der Waals surface area contributed by atoms with Crippen molar-refractivity contribution in [1.82, 2.24) is 10.2 Å². The van der Waals surface area contributed by atoms with Gasteiger partial charge < -0.3 is 14.6 Å². The van der Waals surface area contributed by atoms with E-state index in [9.17, 15) is 14.4 Å². The van der Waals surface area contributed by atoms with Crippen LogP contribution in [0.1, 0.15) is 22.0 Å². The second-order valence-electron chi connectivity index (χ2n) is 6.09. The fourth-order valence-electron chi connectivity index (χ4n) is 3.22.